The van der Waals surface area contributed by atoms with Crippen LogP contribution in [0.15, 0.2) is 0 Å². The highest BCUT2D eigenvalue weighted by atomic mass is 16.7. The Hall–Kier alpha value is -0.545. The van der Waals surface area contributed by atoms with Gasteiger partial charge in [-0.1, -0.05) is 0 Å². The van der Waals surface area contributed by atoms with Gasteiger partial charge in [0.1, 0.15) is 0 Å². The van der Waals surface area contributed by atoms with Crippen molar-refractivity contribution in [2.75, 3.05) is 7.11 Å². The predicted octanol–water partition coefficient (Wildman–Crippen LogP) is 3.20. The van der Waals surface area contributed by atoms with E-state index in [2.05, 4.69) is 27.7 Å². The largest absolute Gasteiger partial charge is 0.469 e. The summed E-state index contributed by atoms with van der Waals surface area (Å²) < 4.78 is 17.3. The smallest absolute Gasteiger partial charge is 0.461 e. The minimum atomic E-state index is -0.245. The van der Waals surface area contributed by atoms with E-state index in [1.165, 1.54) is 13.5 Å². The summed E-state index contributed by atoms with van der Waals surface area (Å²) in [6.07, 6.45) is 5.27. The van der Waals surface area contributed by atoms with Gasteiger partial charge in [-0.2, -0.15) is 0 Å². The summed E-state index contributed by atoms with van der Waals surface area (Å²) in [7, 11) is 1.40. The molecule has 0 radical (unpaired) electrons. The summed E-state index contributed by atoms with van der Waals surface area (Å²) >= 11 is 0. The fourth-order valence-corrected chi connectivity index (χ4v) is 3.99. The first kappa shape index (κ1) is 15.4. The number of carbonyl (C=O) groups is 1. The minimum Gasteiger partial charge on any atom is -0.469 e. The maximum Gasteiger partial charge on any atom is 0.461 e. The molecule has 3 fully saturated rings. The van der Waals surface area contributed by atoms with Gasteiger partial charge in [-0.05, 0) is 65.2 Å². The fraction of sp³-hybridized carbons (Fsp3) is 0.938. The molecular formula is C16H27BO4. The quantitative estimate of drug-likeness (QED) is 0.579. The summed E-state index contributed by atoms with van der Waals surface area (Å²) in [6, 6.07) is 0. The van der Waals surface area contributed by atoms with E-state index in [-0.39, 0.29) is 30.2 Å². The van der Waals surface area contributed by atoms with Crippen LogP contribution in [0.5, 0.6) is 0 Å². The highest BCUT2D eigenvalue weighted by Gasteiger charge is 2.66. The lowest BCUT2D eigenvalue weighted by Crippen LogP contribution is -2.41. The van der Waals surface area contributed by atoms with Crippen LogP contribution in [0, 0.1) is 11.3 Å². The van der Waals surface area contributed by atoms with Crippen molar-refractivity contribution in [1.82, 2.24) is 0 Å². The molecule has 0 aromatic heterocycles. The van der Waals surface area contributed by atoms with Crippen molar-refractivity contribution in [3.05, 3.63) is 0 Å². The molecule has 0 bridgehead atoms. The van der Waals surface area contributed by atoms with Gasteiger partial charge in [-0.15, -0.1) is 0 Å². The molecular weight excluding hydrogens is 267 g/mol. The number of esters is 1. The molecule has 1 spiro atoms. The number of rotatable bonds is 2. The Morgan fingerprint density at radius 1 is 1.10 bits per heavy atom. The zero-order valence-electron chi connectivity index (χ0n) is 13.9. The molecule has 3 rings (SSSR count). The molecule has 1 unspecified atom stereocenters. The summed E-state index contributed by atoms with van der Waals surface area (Å²) in [5.74, 6) is 0.551. The maximum atomic E-state index is 11.6. The molecule has 0 aromatic rings. The summed E-state index contributed by atoms with van der Waals surface area (Å²) in [6.45, 7) is 8.43. The van der Waals surface area contributed by atoms with E-state index in [9.17, 15) is 4.79 Å². The van der Waals surface area contributed by atoms with E-state index in [0.29, 0.717) is 11.2 Å². The van der Waals surface area contributed by atoms with Gasteiger partial charge in [0, 0.05) is 5.82 Å². The molecule has 0 aromatic carbocycles. The van der Waals surface area contributed by atoms with Crippen molar-refractivity contribution in [2.45, 2.75) is 76.8 Å². The molecule has 1 saturated heterocycles. The first-order valence-corrected chi connectivity index (χ1v) is 8.14. The van der Waals surface area contributed by atoms with E-state index >= 15 is 0 Å². The van der Waals surface area contributed by atoms with E-state index in [1.54, 1.807) is 0 Å². The number of ether oxygens (including phenoxy) is 1. The molecule has 21 heavy (non-hydrogen) atoms. The molecule has 1 atom stereocenters. The van der Waals surface area contributed by atoms with Crippen LogP contribution in [0.2, 0.25) is 5.82 Å². The van der Waals surface area contributed by atoms with Crippen molar-refractivity contribution in [3.8, 4) is 0 Å². The monoisotopic (exact) mass is 294 g/mol. The van der Waals surface area contributed by atoms with Crippen LogP contribution < -0.4 is 0 Å². The predicted molar refractivity (Wildman–Crippen MR) is 80.9 cm³/mol. The maximum absolute atomic E-state index is 11.6. The molecule has 4 nitrogen and oxygen atoms in total. The van der Waals surface area contributed by atoms with Crippen molar-refractivity contribution < 1.29 is 18.8 Å². The van der Waals surface area contributed by atoms with Crippen LogP contribution >= 0.6 is 0 Å². The Kier molecular flexibility index (Phi) is 3.45. The molecule has 118 valence electrons. The zero-order chi connectivity index (χ0) is 15.5. The summed E-state index contributed by atoms with van der Waals surface area (Å²) in [4.78, 5) is 11.6. The first-order chi connectivity index (χ1) is 9.71. The lowest BCUT2D eigenvalue weighted by atomic mass is 9.70. The first-order valence-electron chi connectivity index (χ1n) is 8.14. The number of hydrogen-bond acceptors (Lipinski definition) is 4. The van der Waals surface area contributed by atoms with Gasteiger partial charge in [0.25, 0.3) is 0 Å². The Labute approximate surface area is 128 Å². The molecule has 1 heterocycles. The number of hydrogen-bond donors (Lipinski definition) is 0. The van der Waals surface area contributed by atoms with E-state index in [4.69, 9.17) is 14.0 Å². The van der Waals surface area contributed by atoms with Crippen LogP contribution in [0.1, 0.15) is 59.8 Å². The Morgan fingerprint density at radius 3 is 2.10 bits per heavy atom. The lowest BCUT2D eigenvalue weighted by molar-refractivity contribution is -0.146. The SMILES string of the molecule is COC(=O)C1CCC2(CC1)CC2B1OC(C)(C)C(C)(C)O1. The normalized spacial score (nSPS) is 40.3. The van der Waals surface area contributed by atoms with Gasteiger partial charge in [0.05, 0.1) is 24.2 Å². The lowest BCUT2D eigenvalue weighted by Gasteiger charge is -2.32. The molecule has 0 amide bonds. The minimum absolute atomic E-state index is 0.0438. The third-order valence-electron chi connectivity index (χ3n) is 6.37. The van der Waals surface area contributed by atoms with Gasteiger partial charge >= 0.3 is 13.1 Å². The summed E-state index contributed by atoms with van der Waals surface area (Å²) in [5.41, 5.74) is -0.138. The van der Waals surface area contributed by atoms with Crippen molar-refractivity contribution in [1.29, 1.82) is 0 Å². The van der Waals surface area contributed by atoms with Crippen LogP contribution in [0.3, 0.4) is 0 Å². The Morgan fingerprint density at radius 2 is 1.62 bits per heavy atom. The van der Waals surface area contributed by atoms with E-state index in [0.717, 1.165) is 25.7 Å². The van der Waals surface area contributed by atoms with Crippen LogP contribution in [0.4, 0.5) is 0 Å². The molecule has 3 aliphatic rings. The van der Waals surface area contributed by atoms with Gasteiger partial charge in [-0.25, -0.2) is 0 Å². The van der Waals surface area contributed by atoms with Crippen molar-refractivity contribution in [3.63, 3.8) is 0 Å². The van der Waals surface area contributed by atoms with Crippen LogP contribution in [-0.2, 0) is 18.8 Å². The Balaban J connectivity index is 1.60. The second kappa shape index (κ2) is 4.72. The standard InChI is InChI=1S/C16H27BO4/c1-14(2)15(3,4)21-17(20-14)12-10-16(12)8-6-11(7-9-16)13(18)19-5/h11-12H,6-10H2,1-5H3. The number of carbonyl (C=O) groups excluding carboxylic acids is 1. The zero-order valence-corrected chi connectivity index (χ0v) is 13.9. The van der Waals surface area contributed by atoms with Gasteiger partial charge in [0.2, 0.25) is 0 Å². The van der Waals surface area contributed by atoms with Crippen molar-refractivity contribution in [2.24, 2.45) is 11.3 Å². The highest BCUT2D eigenvalue weighted by Crippen LogP contribution is 2.69. The van der Waals surface area contributed by atoms with E-state index < -0.39 is 0 Å². The van der Waals surface area contributed by atoms with Crippen molar-refractivity contribution >= 4 is 13.1 Å². The van der Waals surface area contributed by atoms with Gasteiger partial charge in [-0.3, -0.25) is 4.79 Å². The third kappa shape index (κ3) is 2.42. The molecule has 5 heteroatoms. The number of methoxy groups -OCH3 is 1. The van der Waals surface area contributed by atoms with Gasteiger partial charge in [0.15, 0.2) is 0 Å². The molecule has 2 aliphatic carbocycles. The average molecular weight is 294 g/mol. The second-order valence-electron chi connectivity index (χ2n) is 8.10. The van der Waals surface area contributed by atoms with E-state index in [1.807, 2.05) is 0 Å². The Bertz CT molecular complexity index is 422. The second-order valence-corrected chi connectivity index (χ2v) is 8.10. The van der Waals surface area contributed by atoms with Crippen LogP contribution in [0.25, 0.3) is 0 Å². The third-order valence-corrected chi connectivity index (χ3v) is 6.37. The average Bonchev–Trinajstić information content (AvgIpc) is 3.05. The molecule has 0 N–H and O–H groups in total. The topological polar surface area (TPSA) is 44.8 Å². The van der Waals surface area contributed by atoms with Gasteiger partial charge < -0.3 is 14.0 Å². The fourth-order valence-electron chi connectivity index (χ4n) is 3.99. The molecule has 1 aliphatic heterocycles. The molecule has 2 saturated carbocycles. The highest BCUT2D eigenvalue weighted by molar-refractivity contribution is 6.49. The van der Waals surface area contributed by atoms with Crippen LogP contribution in [-0.4, -0.2) is 31.4 Å². The summed E-state index contributed by atoms with van der Waals surface area (Å²) in [5, 5.41) is 0.